The third kappa shape index (κ3) is 3.29. The SMILES string of the molecule is Cc1c(NC(=O)c2cc3ccc(C(C)(C)C)cc3[nH]2)n[nH]c1-c1ccncc1. The van der Waals surface area contributed by atoms with Crippen LogP contribution >= 0.6 is 0 Å². The number of anilines is 1. The molecule has 1 amide bonds. The predicted molar refractivity (Wildman–Crippen MR) is 112 cm³/mol. The Hall–Kier alpha value is -3.41. The van der Waals surface area contributed by atoms with Crippen LogP contribution in [0.15, 0.2) is 48.8 Å². The predicted octanol–water partition coefficient (Wildman–Crippen LogP) is 4.81. The molecule has 0 atom stereocenters. The molecule has 1 aromatic carbocycles. The fourth-order valence-corrected chi connectivity index (χ4v) is 3.21. The maximum Gasteiger partial charge on any atom is 0.273 e. The lowest BCUT2D eigenvalue weighted by Crippen LogP contribution is -2.13. The fraction of sp³-hybridized carbons (Fsp3) is 0.227. The summed E-state index contributed by atoms with van der Waals surface area (Å²) in [5, 5.41) is 11.2. The lowest BCUT2D eigenvalue weighted by atomic mass is 9.87. The number of H-pyrrole nitrogens is 2. The number of amides is 1. The van der Waals surface area contributed by atoms with Gasteiger partial charge in [-0.25, -0.2) is 0 Å². The number of carbonyl (C=O) groups excluding carboxylic acids is 1. The van der Waals surface area contributed by atoms with E-state index in [0.29, 0.717) is 11.5 Å². The molecule has 142 valence electrons. The first-order valence-electron chi connectivity index (χ1n) is 9.23. The number of pyridine rings is 1. The monoisotopic (exact) mass is 373 g/mol. The minimum Gasteiger partial charge on any atom is -0.351 e. The minimum atomic E-state index is -0.218. The average molecular weight is 373 g/mol. The van der Waals surface area contributed by atoms with Crippen molar-refractivity contribution in [2.75, 3.05) is 5.32 Å². The van der Waals surface area contributed by atoms with Crippen LogP contribution in [0.4, 0.5) is 5.82 Å². The first-order chi connectivity index (χ1) is 13.3. The zero-order valence-electron chi connectivity index (χ0n) is 16.4. The molecule has 0 radical (unpaired) electrons. The largest absolute Gasteiger partial charge is 0.351 e. The Bertz CT molecular complexity index is 1150. The van der Waals surface area contributed by atoms with Crippen molar-refractivity contribution in [2.45, 2.75) is 33.1 Å². The van der Waals surface area contributed by atoms with E-state index >= 15 is 0 Å². The van der Waals surface area contributed by atoms with Gasteiger partial charge in [0.1, 0.15) is 5.69 Å². The second-order valence-electron chi connectivity index (χ2n) is 8.00. The van der Waals surface area contributed by atoms with Crippen LogP contribution in [0.3, 0.4) is 0 Å². The number of benzene rings is 1. The van der Waals surface area contributed by atoms with E-state index < -0.39 is 0 Å². The summed E-state index contributed by atoms with van der Waals surface area (Å²) >= 11 is 0. The normalized spacial score (nSPS) is 11.7. The first-order valence-corrected chi connectivity index (χ1v) is 9.23. The molecule has 0 spiro atoms. The quantitative estimate of drug-likeness (QED) is 0.481. The van der Waals surface area contributed by atoms with Crippen molar-refractivity contribution in [1.82, 2.24) is 20.2 Å². The van der Waals surface area contributed by atoms with Gasteiger partial charge in [-0.05, 0) is 42.2 Å². The Balaban J connectivity index is 1.60. The first kappa shape index (κ1) is 18.0. The summed E-state index contributed by atoms with van der Waals surface area (Å²) in [5.41, 5.74) is 5.45. The van der Waals surface area contributed by atoms with Gasteiger partial charge in [0.15, 0.2) is 5.82 Å². The molecule has 0 saturated heterocycles. The van der Waals surface area contributed by atoms with Crippen molar-refractivity contribution in [3.8, 4) is 11.3 Å². The third-order valence-corrected chi connectivity index (χ3v) is 4.94. The molecule has 6 nitrogen and oxygen atoms in total. The summed E-state index contributed by atoms with van der Waals surface area (Å²) in [6, 6.07) is 11.9. The molecule has 0 bridgehead atoms. The Morgan fingerprint density at radius 3 is 2.54 bits per heavy atom. The molecule has 3 heterocycles. The highest BCUT2D eigenvalue weighted by atomic mass is 16.2. The van der Waals surface area contributed by atoms with E-state index in [1.165, 1.54) is 5.56 Å². The van der Waals surface area contributed by atoms with Gasteiger partial charge in [0.05, 0.1) is 5.69 Å². The van der Waals surface area contributed by atoms with Gasteiger partial charge in [0, 0.05) is 34.4 Å². The molecule has 0 saturated carbocycles. The highest BCUT2D eigenvalue weighted by Crippen LogP contribution is 2.28. The molecule has 28 heavy (non-hydrogen) atoms. The van der Waals surface area contributed by atoms with Crippen LogP contribution in [0.1, 0.15) is 42.4 Å². The van der Waals surface area contributed by atoms with E-state index in [0.717, 1.165) is 27.7 Å². The van der Waals surface area contributed by atoms with E-state index in [-0.39, 0.29) is 11.3 Å². The maximum atomic E-state index is 12.8. The van der Waals surface area contributed by atoms with Crippen LogP contribution in [0.2, 0.25) is 0 Å². The number of nitrogens with zero attached hydrogens (tertiary/aromatic N) is 2. The summed E-state index contributed by atoms with van der Waals surface area (Å²) in [6.45, 7) is 8.44. The number of hydrogen-bond acceptors (Lipinski definition) is 3. The van der Waals surface area contributed by atoms with Gasteiger partial charge in [-0.3, -0.25) is 14.9 Å². The second kappa shape index (κ2) is 6.64. The van der Waals surface area contributed by atoms with E-state index in [2.05, 4.69) is 58.4 Å². The average Bonchev–Trinajstić information content (AvgIpc) is 3.25. The molecule has 6 heteroatoms. The third-order valence-electron chi connectivity index (χ3n) is 4.94. The van der Waals surface area contributed by atoms with Crippen molar-refractivity contribution in [3.63, 3.8) is 0 Å². The molecule has 0 unspecified atom stereocenters. The van der Waals surface area contributed by atoms with Crippen LogP contribution in [0.25, 0.3) is 22.2 Å². The number of aromatic amines is 2. The molecular weight excluding hydrogens is 350 g/mol. The molecule has 0 aliphatic rings. The van der Waals surface area contributed by atoms with Gasteiger partial charge in [-0.1, -0.05) is 32.9 Å². The highest BCUT2D eigenvalue weighted by molar-refractivity contribution is 6.06. The zero-order valence-corrected chi connectivity index (χ0v) is 16.4. The van der Waals surface area contributed by atoms with Crippen molar-refractivity contribution < 1.29 is 4.79 Å². The van der Waals surface area contributed by atoms with E-state index in [1.54, 1.807) is 12.4 Å². The second-order valence-corrected chi connectivity index (χ2v) is 8.00. The summed E-state index contributed by atoms with van der Waals surface area (Å²) in [4.78, 5) is 20.0. The standard InChI is InChI=1S/C22H23N5O/c1-13-19(14-7-9-23-10-8-14)26-27-20(13)25-21(28)18-11-15-5-6-16(22(2,3)4)12-17(15)24-18/h5-12,24H,1-4H3,(H2,25,26,27,28). The summed E-state index contributed by atoms with van der Waals surface area (Å²) < 4.78 is 0. The van der Waals surface area contributed by atoms with Crippen molar-refractivity contribution in [1.29, 1.82) is 0 Å². The molecule has 0 aliphatic heterocycles. The topological polar surface area (TPSA) is 86.5 Å². The van der Waals surface area contributed by atoms with Crippen LogP contribution in [0.5, 0.6) is 0 Å². The van der Waals surface area contributed by atoms with Crippen molar-refractivity contribution in [3.05, 3.63) is 65.6 Å². The van der Waals surface area contributed by atoms with Gasteiger partial charge in [-0.2, -0.15) is 5.10 Å². The van der Waals surface area contributed by atoms with E-state index in [4.69, 9.17) is 0 Å². The number of nitrogens with one attached hydrogen (secondary N) is 3. The zero-order chi connectivity index (χ0) is 19.9. The van der Waals surface area contributed by atoms with Gasteiger partial charge in [0.25, 0.3) is 5.91 Å². The lowest BCUT2D eigenvalue weighted by molar-refractivity contribution is 0.102. The van der Waals surface area contributed by atoms with Gasteiger partial charge < -0.3 is 10.3 Å². The number of carbonyl (C=O) groups is 1. The smallest absolute Gasteiger partial charge is 0.273 e. The molecule has 3 N–H and O–H groups in total. The van der Waals surface area contributed by atoms with Crippen LogP contribution < -0.4 is 5.32 Å². The minimum absolute atomic E-state index is 0.0528. The Morgan fingerprint density at radius 1 is 1.07 bits per heavy atom. The van der Waals surface area contributed by atoms with Crippen molar-refractivity contribution in [2.24, 2.45) is 0 Å². The lowest BCUT2D eigenvalue weighted by Gasteiger charge is -2.18. The number of aromatic nitrogens is 4. The van der Waals surface area contributed by atoms with Crippen LogP contribution in [-0.4, -0.2) is 26.1 Å². The van der Waals surface area contributed by atoms with Gasteiger partial charge in [-0.15, -0.1) is 0 Å². The van der Waals surface area contributed by atoms with Crippen molar-refractivity contribution >= 4 is 22.6 Å². The number of fused-ring (bicyclic) bond motifs is 1. The summed E-state index contributed by atoms with van der Waals surface area (Å²) in [6.07, 6.45) is 3.45. The Kier molecular flexibility index (Phi) is 4.26. The number of hydrogen-bond donors (Lipinski definition) is 3. The molecular formula is C22H23N5O. The summed E-state index contributed by atoms with van der Waals surface area (Å²) in [7, 11) is 0. The molecule has 0 fully saturated rings. The van der Waals surface area contributed by atoms with Gasteiger partial charge >= 0.3 is 0 Å². The van der Waals surface area contributed by atoms with Crippen LogP contribution in [0, 0.1) is 6.92 Å². The number of rotatable bonds is 3. The van der Waals surface area contributed by atoms with Gasteiger partial charge in [0.2, 0.25) is 0 Å². The fourth-order valence-electron chi connectivity index (χ4n) is 3.21. The Labute approximate surface area is 163 Å². The van der Waals surface area contributed by atoms with E-state index in [1.807, 2.05) is 31.2 Å². The molecule has 0 aliphatic carbocycles. The molecule has 4 aromatic rings. The summed E-state index contributed by atoms with van der Waals surface area (Å²) in [5.74, 6) is 0.301. The molecule has 4 rings (SSSR count). The maximum absolute atomic E-state index is 12.8. The highest BCUT2D eigenvalue weighted by Gasteiger charge is 2.18. The molecule has 3 aromatic heterocycles. The van der Waals surface area contributed by atoms with Crippen LogP contribution in [-0.2, 0) is 5.41 Å². The Morgan fingerprint density at radius 2 is 1.82 bits per heavy atom. The van der Waals surface area contributed by atoms with E-state index in [9.17, 15) is 4.79 Å².